The zero-order valence-electron chi connectivity index (χ0n) is 9.82. The van der Waals surface area contributed by atoms with Crippen molar-refractivity contribution in [2.45, 2.75) is 26.3 Å². The minimum Gasteiger partial charge on any atom is -0.481 e. The van der Waals surface area contributed by atoms with E-state index in [0.29, 0.717) is 6.54 Å². The summed E-state index contributed by atoms with van der Waals surface area (Å²) in [5, 5.41) is 14.3. The van der Waals surface area contributed by atoms with Gasteiger partial charge < -0.3 is 15.7 Å². The molecule has 3 N–H and O–H groups in total. The van der Waals surface area contributed by atoms with Gasteiger partial charge in [0.15, 0.2) is 0 Å². The molecule has 1 saturated heterocycles. The number of hydrogen-bond acceptors (Lipinski definition) is 3. The first-order valence-electron chi connectivity index (χ1n) is 5.64. The Morgan fingerprint density at radius 2 is 2.06 bits per heavy atom. The van der Waals surface area contributed by atoms with Gasteiger partial charge in [-0.05, 0) is 5.41 Å². The predicted octanol–water partition coefficient (Wildman–Crippen LogP) is -0.652. The van der Waals surface area contributed by atoms with Crippen LogP contribution in [0.5, 0.6) is 0 Å². The summed E-state index contributed by atoms with van der Waals surface area (Å²) in [6, 6.07) is -0.208. The maximum Gasteiger partial charge on any atom is 0.307 e. The zero-order chi connectivity index (χ0) is 12.8. The number of carbonyl (C=O) groups excluding carboxylic acids is 2. The van der Waals surface area contributed by atoms with Gasteiger partial charge in [-0.3, -0.25) is 14.4 Å². The number of aliphatic carboxylic acids is 1. The van der Waals surface area contributed by atoms with Crippen molar-refractivity contribution in [1.82, 2.24) is 10.6 Å². The molecule has 17 heavy (non-hydrogen) atoms. The van der Waals surface area contributed by atoms with Gasteiger partial charge in [0.05, 0.1) is 17.9 Å². The van der Waals surface area contributed by atoms with Gasteiger partial charge in [-0.15, -0.1) is 0 Å². The third-order valence-electron chi connectivity index (χ3n) is 3.70. The Labute approximate surface area is 98.8 Å². The van der Waals surface area contributed by atoms with Crippen LogP contribution in [0.3, 0.4) is 0 Å². The Hall–Kier alpha value is -1.59. The first-order valence-corrected chi connectivity index (χ1v) is 5.64. The van der Waals surface area contributed by atoms with Crippen LogP contribution in [-0.4, -0.2) is 35.5 Å². The van der Waals surface area contributed by atoms with Crippen LogP contribution in [0.25, 0.3) is 0 Å². The molecule has 0 aromatic rings. The summed E-state index contributed by atoms with van der Waals surface area (Å²) in [5.41, 5.74) is -0.494. The molecule has 2 rings (SSSR count). The van der Waals surface area contributed by atoms with Crippen LogP contribution >= 0.6 is 0 Å². The number of amides is 2. The van der Waals surface area contributed by atoms with Crippen LogP contribution in [0.15, 0.2) is 0 Å². The lowest BCUT2D eigenvalue weighted by Crippen LogP contribution is -2.38. The molecule has 2 aliphatic rings. The van der Waals surface area contributed by atoms with Gasteiger partial charge in [0.2, 0.25) is 11.8 Å². The van der Waals surface area contributed by atoms with Crippen LogP contribution in [0, 0.1) is 17.3 Å². The Bertz CT molecular complexity index is 391. The van der Waals surface area contributed by atoms with E-state index >= 15 is 0 Å². The fourth-order valence-corrected chi connectivity index (χ4v) is 2.59. The average Bonchev–Trinajstić information content (AvgIpc) is 2.54. The average molecular weight is 240 g/mol. The van der Waals surface area contributed by atoms with Gasteiger partial charge in [0.1, 0.15) is 0 Å². The molecule has 1 heterocycles. The quantitative estimate of drug-likeness (QED) is 0.610. The van der Waals surface area contributed by atoms with Gasteiger partial charge in [-0.1, -0.05) is 13.8 Å². The fourth-order valence-electron chi connectivity index (χ4n) is 2.59. The molecule has 2 fully saturated rings. The predicted molar refractivity (Wildman–Crippen MR) is 58.0 cm³/mol. The van der Waals surface area contributed by atoms with Gasteiger partial charge in [0, 0.05) is 13.0 Å². The van der Waals surface area contributed by atoms with Gasteiger partial charge in [0.25, 0.3) is 0 Å². The molecule has 0 spiro atoms. The van der Waals surface area contributed by atoms with Crippen molar-refractivity contribution in [3.05, 3.63) is 0 Å². The minimum absolute atomic E-state index is 0.0832. The molecule has 3 atom stereocenters. The lowest BCUT2D eigenvalue weighted by Gasteiger charge is -2.10. The first kappa shape index (κ1) is 11.9. The highest BCUT2D eigenvalue weighted by Gasteiger charge is 2.66. The van der Waals surface area contributed by atoms with Crippen molar-refractivity contribution in [2.75, 3.05) is 6.54 Å². The summed E-state index contributed by atoms with van der Waals surface area (Å²) in [4.78, 5) is 33.8. The van der Waals surface area contributed by atoms with Gasteiger partial charge in [-0.25, -0.2) is 0 Å². The van der Waals surface area contributed by atoms with E-state index in [1.165, 1.54) is 0 Å². The molecule has 2 amide bonds. The maximum absolute atomic E-state index is 11.9. The van der Waals surface area contributed by atoms with Crippen molar-refractivity contribution >= 4 is 17.8 Å². The normalized spacial score (nSPS) is 34.0. The highest BCUT2D eigenvalue weighted by Crippen LogP contribution is 2.58. The number of rotatable bonds is 3. The van der Waals surface area contributed by atoms with Crippen LogP contribution in [0.1, 0.15) is 20.3 Å². The van der Waals surface area contributed by atoms with E-state index in [1.807, 2.05) is 0 Å². The lowest BCUT2D eigenvalue weighted by molar-refractivity contribution is -0.140. The number of carboxylic acids is 1. The molecule has 1 saturated carbocycles. The van der Waals surface area contributed by atoms with Crippen LogP contribution < -0.4 is 10.6 Å². The van der Waals surface area contributed by atoms with Crippen molar-refractivity contribution < 1.29 is 19.5 Å². The van der Waals surface area contributed by atoms with Gasteiger partial charge in [-0.2, -0.15) is 0 Å². The summed E-state index contributed by atoms with van der Waals surface area (Å²) < 4.78 is 0. The van der Waals surface area contributed by atoms with E-state index < -0.39 is 23.2 Å². The third kappa shape index (κ3) is 1.99. The highest BCUT2D eigenvalue weighted by molar-refractivity contribution is 5.92. The zero-order valence-corrected chi connectivity index (χ0v) is 9.82. The molecule has 1 aliphatic carbocycles. The number of carbonyl (C=O) groups is 3. The van der Waals surface area contributed by atoms with E-state index in [2.05, 4.69) is 10.6 Å². The van der Waals surface area contributed by atoms with Crippen molar-refractivity contribution in [3.63, 3.8) is 0 Å². The molecule has 1 unspecified atom stereocenters. The molecule has 6 nitrogen and oxygen atoms in total. The van der Waals surface area contributed by atoms with Crippen molar-refractivity contribution in [3.8, 4) is 0 Å². The second kappa shape index (κ2) is 3.72. The van der Waals surface area contributed by atoms with E-state index in [9.17, 15) is 14.4 Å². The summed E-state index contributed by atoms with van der Waals surface area (Å²) >= 11 is 0. The molecule has 94 valence electrons. The van der Waals surface area contributed by atoms with E-state index in [4.69, 9.17) is 5.11 Å². The number of carboxylic acid groups (broad SMARTS) is 1. The molecular weight excluding hydrogens is 224 g/mol. The largest absolute Gasteiger partial charge is 0.481 e. The molecular formula is C11H16N2O4. The van der Waals surface area contributed by atoms with Crippen molar-refractivity contribution in [2.24, 2.45) is 17.3 Å². The van der Waals surface area contributed by atoms with E-state index in [-0.39, 0.29) is 24.3 Å². The fraction of sp³-hybridized carbons (Fsp3) is 0.727. The summed E-state index contributed by atoms with van der Waals surface area (Å²) in [6.45, 7) is 3.97. The van der Waals surface area contributed by atoms with Crippen molar-refractivity contribution in [1.29, 1.82) is 0 Å². The van der Waals surface area contributed by atoms with E-state index in [0.717, 1.165) is 0 Å². The Morgan fingerprint density at radius 3 is 2.47 bits per heavy atom. The summed E-state index contributed by atoms with van der Waals surface area (Å²) in [6.07, 6.45) is 0.274. The van der Waals surface area contributed by atoms with Crippen LogP contribution in [0.2, 0.25) is 0 Å². The van der Waals surface area contributed by atoms with Gasteiger partial charge >= 0.3 is 5.97 Å². The smallest absolute Gasteiger partial charge is 0.307 e. The summed E-state index contributed by atoms with van der Waals surface area (Å²) in [7, 11) is 0. The molecule has 0 aromatic heterocycles. The standard InChI is InChI=1S/C11H16N2O4/c1-11(2)7(8(11)10(16)17)9(15)13-5-3-6(14)12-4-5/h5,7-8H,3-4H2,1-2H3,(H,12,14)(H,13,15)(H,16,17)/t5?,7-,8+/m1/s1. The molecule has 6 heteroatoms. The second-order valence-corrected chi connectivity index (χ2v) is 5.33. The summed E-state index contributed by atoms with van der Waals surface area (Å²) in [5.74, 6) is -2.39. The SMILES string of the molecule is CC1(C)[C@H](C(=O)O)[C@@H]1C(=O)NC1CNC(=O)C1. The second-order valence-electron chi connectivity index (χ2n) is 5.33. The first-order chi connectivity index (χ1) is 7.84. The maximum atomic E-state index is 11.9. The minimum atomic E-state index is -0.934. The molecule has 1 aliphatic heterocycles. The monoisotopic (exact) mass is 240 g/mol. The molecule has 0 bridgehead atoms. The Balaban J connectivity index is 1.94. The Kier molecular flexibility index (Phi) is 2.60. The lowest BCUT2D eigenvalue weighted by atomic mass is 10.1. The topological polar surface area (TPSA) is 95.5 Å². The molecule has 0 aromatic carbocycles. The van der Waals surface area contributed by atoms with Crippen LogP contribution in [0.4, 0.5) is 0 Å². The number of nitrogens with one attached hydrogen (secondary N) is 2. The molecule has 0 radical (unpaired) electrons. The Morgan fingerprint density at radius 1 is 1.41 bits per heavy atom. The third-order valence-corrected chi connectivity index (χ3v) is 3.70. The highest BCUT2D eigenvalue weighted by atomic mass is 16.4. The van der Waals surface area contributed by atoms with E-state index in [1.54, 1.807) is 13.8 Å². The number of hydrogen-bond donors (Lipinski definition) is 3. The van der Waals surface area contributed by atoms with Crippen LogP contribution in [-0.2, 0) is 14.4 Å².